The summed E-state index contributed by atoms with van der Waals surface area (Å²) in [6, 6.07) is 30.6. The van der Waals surface area contributed by atoms with Crippen LogP contribution in [-0.4, -0.2) is 5.49 Å². The molecule has 0 aliphatic heterocycles. The van der Waals surface area contributed by atoms with Crippen molar-refractivity contribution in [3.05, 3.63) is 129 Å². The van der Waals surface area contributed by atoms with Gasteiger partial charge in [-0.2, -0.15) is 0 Å². The molecule has 6 rings (SSSR count). The van der Waals surface area contributed by atoms with Gasteiger partial charge in [-0.25, -0.2) is 0 Å². The van der Waals surface area contributed by atoms with E-state index in [2.05, 4.69) is 148 Å². The summed E-state index contributed by atoms with van der Waals surface area (Å²) in [6.45, 7) is 14.1. The third-order valence-electron chi connectivity index (χ3n) is 11.2. The second-order valence-corrected chi connectivity index (χ2v) is 60.1. The molecular weight excluding hydrogens is 687 g/mol. The molecule has 2 aliphatic carbocycles. The van der Waals surface area contributed by atoms with Gasteiger partial charge in [-0.05, 0) is 0 Å². The van der Waals surface area contributed by atoms with E-state index in [-0.39, 0.29) is 0 Å². The van der Waals surface area contributed by atoms with Gasteiger partial charge in [0.05, 0.1) is 0 Å². The predicted octanol–water partition coefficient (Wildman–Crippen LogP) is 11.9. The van der Waals surface area contributed by atoms with Crippen LogP contribution in [0.3, 0.4) is 0 Å². The fourth-order valence-electron chi connectivity index (χ4n) is 9.14. The van der Waals surface area contributed by atoms with Gasteiger partial charge in [-0.15, -0.1) is 0 Å². The zero-order valence-electron chi connectivity index (χ0n) is 26.8. The molecule has 0 N–H and O–H groups in total. The molecule has 0 nitrogen and oxygen atoms in total. The average Bonchev–Trinajstić information content (AvgIpc) is 3.60. The van der Waals surface area contributed by atoms with Crippen LogP contribution < -0.4 is 0 Å². The Morgan fingerprint density at radius 3 is 1.26 bits per heavy atom. The Balaban J connectivity index is 1.58. The molecule has 0 saturated carbocycles. The number of allylic oxidation sites excluding steroid dienone is 2. The fraction of sp³-hybridized carbons (Fsp3) is 0.300. The Bertz CT molecular complexity index is 1690. The van der Waals surface area contributed by atoms with Crippen LogP contribution in [0.4, 0.5) is 0 Å². The Morgan fingerprint density at radius 1 is 0.548 bits per heavy atom. The van der Waals surface area contributed by atoms with Crippen LogP contribution >= 0.6 is 0 Å². The van der Waals surface area contributed by atoms with Crippen molar-refractivity contribution < 1.29 is 17.1 Å². The molecule has 214 valence electrons. The average molecular weight is 733 g/mol. The Morgan fingerprint density at radius 2 is 0.905 bits per heavy atom. The topological polar surface area (TPSA) is 0 Å². The molecule has 0 spiro atoms. The second kappa shape index (κ2) is 10.9. The van der Waals surface area contributed by atoms with Crippen molar-refractivity contribution in [2.45, 2.75) is 70.3 Å². The zero-order valence-corrected chi connectivity index (χ0v) is 31.4. The summed E-state index contributed by atoms with van der Waals surface area (Å²) in [5.74, 6) is 0. The molecule has 0 bridgehead atoms. The summed E-state index contributed by atoms with van der Waals surface area (Å²) in [5.41, 5.74) is 16.8. The SMILES string of the molecule is CC[Si](CC)=[Hf]([CH3])([CH3])([CH]1C=Cc2c(-c3c(C)cccc3C)cccc21)[CH]1C=Cc2c(-c3c(C)cccc3C)cccc21. The molecule has 42 heavy (non-hydrogen) atoms. The molecule has 4 aromatic rings. The van der Waals surface area contributed by atoms with Crippen molar-refractivity contribution in [1.82, 2.24) is 0 Å². The van der Waals surface area contributed by atoms with Gasteiger partial charge in [-0.3, -0.25) is 0 Å². The van der Waals surface area contributed by atoms with Crippen molar-refractivity contribution >= 4 is 17.6 Å². The molecule has 0 amide bonds. The van der Waals surface area contributed by atoms with E-state index in [9.17, 15) is 0 Å². The molecule has 0 aromatic heterocycles. The van der Waals surface area contributed by atoms with E-state index in [1.807, 2.05) is 0 Å². The van der Waals surface area contributed by atoms with Gasteiger partial charge in [0.15, 0.2) is 0 Å². The molecule has 2 atom stereocenters. The van der Waals surface area contributed by atoms with Gasteiger partial charge in [0, 0.05) is 0 Å². The van der Waals surface area contributed by atoms with Crippen LogP contribution in [0.1, 0.15) is 65.7 Å². The number of benzene rings is 4. The van der Waals surface area contributed by atoms with Gasteiger partial charge in [-0.1, -0.05) is 0 Å². The summed E-state index contributed by atoms with van der Waals surface area (Å²) in [6.07, 6.45) is 10.4. The van der Waals surface area contributed by atoms with Crippen molar-refractivity contribution in [1.29, 1.82) is 0 Å². The fourth-order valence-corrected chi connectivity index (χ4v) is 65.4. The Hall–Kier alpha value is -2.55. The van der Waals surface area contributed by atoms with E-state index in [1.165, 1.54) is 67.7 Å². The standard InChI is InChI=1S/2C17H15.C4H10Si.2CH3.Hf/c2*1-12-6-3-7-13(2)17(12)16-11-5-9-14-8-4-10-15(14)16;1-3-5-4-2;;;/h2*3-11H,1-2H3;3-4H2,1-2H3;2*1H3;. The van der Waals surface area contributed by atoms with Crippen molar-refractivity contribution in [3.8, 4) is 22.3 Å². The number of hydrogen-bond donors (Lipinski definition) is 0. The van der Waals surface area contributed by atoms with Gasteiger partial charge in [0.1, 0.15) is 0 Å². The van der Waals surface area contributed by atoms with E-state index >= 15 is 0 Å². The minimum absolute atomic E-state index is 0.569. The first-order chi connectivity index (χ1) is 20.1. The van der Waals surface area contributed by atoms with Crippen molar-refractivity contribution in [2.75, 3.05) is 0 Å². The molecular formula is C40H46HfSi. The molecule has 0 heterocycles. The molecule has 2 unspecified atom stereocenters. The number of rotatable bonds is 6. The summed E-state index contributed by atoms with van der Waals surface area (Å²) >= 11 is -3.80. The molecule has 2 aliphatic rings. The third-order valence-corrected chi connectivity index (χ3v) is 69.3. The number of fused-ring (bicyclic) bond motifs is 2. The van der Waals surface area contributed by atoms with Crippen LogP contribution in [0, 0.1) is 27.7 Å². The monoisotopic (exact) mass is 734 g/mol. The minimum atomic E-state index is -3.80. The van der Waals surface area contributed by atoms with E-state index in [0.29, 0.717) is 7.35 Å². The van der Waals surface area contributed by atoms with Gasteiger partial charge in [0.25, 0.3) is 0 Å². The maximum atomic E-state index is 2.88. The van der Waals surface area contributed by atoms with Crippen LogP contribution in [0.15, 0.2) is 84.9 Å². The second-order valence-electron chi connectivity index (χ2n) is 13.7. The van der Waals surface area contributed by atoms with Gasteiger partial charge in [0.2, 0.25) is 0 Å². The first-order valence-electron chi connectivity index (χ1n) is 15.9. The number of aryl methyl sites for hydroxylation is 4. The van der Waals surface area contributed by atoms with E-state index in [4.69, 9.17) is 0 Å². The number of hydrogen-bond acceptors (Lipinski definition) is 0. The maximum absolute atomic E-state index is 3.80. The molecule has 4 aromatic carbocycles. The molecule has 2 heteroatoms. The molecule has 0 saturated heterocycles. The normalized spacial score (nSPS) is 17.5. The van der Waals surface area contributed by atoms with E-state index in [0.717, 1.165) is 0 Å². The molecule has 0 fully saturated rings. The Labute approximate surface area is 255 Å². The van der Waals surface area contributed by atoms with Crippen molar-refractivity contribution in [2.24, 2.45) is 0 Å². The predicted molar refractivity (Wildman–Crippen MR) is 185 cm³/mol. The van der Waals surface area contributed by atoms with Crippen LogP contribution in [0.25, 0.3) is 34.4 Å². The Kier molecular flexibility index (Phi) is 7.63. The van der Waals surface area contributed by atoms with Gasteiger partial charge >= 0.3 is 257 Å². The summed E-state index contributed by atoms with van der Waals surface area (Å²) in [5, 5.41) is 0. The van der Waals surface area contributed by atoms with Crippen molar-refractivity contribution in [3.63, 3.8) is 0 Å². The van der Waals surface area contributed by atoms with E-state index in [1.54, 1.807) is 11.1 Å². The zero-order chi connectivity index (χ0) is 29.8. The first kappa shape index (κ1) is 29.5. The first-order valence-corrected chi connectivity index (χ1v) is 34.5. The van der Waals surface area contributed by atoms with Crippen LogP contribution in [0.5, 0.6) is 0 Å². The molecule has 0 radical (unpaired) electrons. The summed E-state index contributed by atoms with van der Waals surface area (Å²) in [4.78, 5) is 0. The third kappa shape index (κ3) is 4.31. The summed E-state index contributed by atoms with van der Waals surface area (Å²) in [7, 11) is 0. The van der Waals surface area contributed by atoms with Crippen LogP contribution in [0.2, 0.25) is 21.4 Å². The summed E-state index contributed by atoms with van der Waals surface area (Å²) < 4.78 is 6.90. The van der Waals surface area contributed by atoms with E-state index < -0.39 is 22.6 Å². The quantitative estimate of drug-likeness (QED) is 0.173. The van der Waals surface area contributed by atoms with Crippen LogP contribution in [-0.2, 0) is 17.1 Å². The van der Waals surface area contributed by atoms with Gasteiger partial charge < -0.3 is 0 Å².